The maximum Gasteiger partial charge on any atom is 0.317 e. The van der Waals surface area contributed by atoms with E-state index in [1.165, 1.54) is 5.56 Å². The third-order valence-corrected chi connectivity index (χ3v) is 4.37. The van der Waals surface area contributed by atoms with E-state index in [4.69, 9.17) is 10.8 Å². The minimum atomic E-state index is -0.825. The van der Waals surface area contributed by atoms with Crippen LogP contribution in [-0.2, 0) is 24.3 Å². The number of carbonyl (C=O) groups excluding carboxylic acids is 1. The maximum absolute atomic E-state index is 12.4. The minimum Gasteiger partial charge on any atom is -0.480 e. The van der Waals surface area contributed by atoms with Crippen molar-refractivity contribution in [3.05, 3.63) is 64.7 Å². The van der Waals surface area contributed by atoms with Crippen molar-refractivity contribution in [3.8, 4) is 0 Å². The Kier molecular flexibility index (Phi) is 5.11. The van der Waals surface area contributed by atoms with E-state index in [-0.39, 0.29) is 12.5 Å². The van der Waals surface area contributed by atoms with Gasteiger partial charge in [0.05, 0.1) is 6.54 Å². The van der Waals surface area contributed by atoms with Gasteiger partial charge in [-0.25, -0.2) is 0 Å². The molecule has 0 atom stereocenters. The summed E-state index contributed by atoms with van der Waals surface area (Å²) in [6, 6.07) is 13.0. The molecule has 0 unspecified atom stereocenters. The predicted molar refractivity (Wildman–Crippen MR) is 95.3 cm³/mol. The van der Waals surface area contributed by atoms with E-state index in [2.05, 4.69) is 5.32 Å². The number of hydrogen-bond donors (Lipinski definition) is 3. The van der Waals surface area contributed by atoms with Crippen molar-refractivity contribution < 1.29 is 14.7 Å². The van der Waals surface area contributed by atoms with Crippen LogP contribution < -0.4 is 11.1 Å². The molecule has 6 nitrogen and oxygen atoms in total. The molecule has 0 saturated heterocycles. The number of rotatable bonds is 5. The van der Waals surface area contributed by atoms with Gasteiger partial charge in [-0.1, -0.05) is 18.2 Å². The van der Waals surface area contributed by atoms with Crippen molar-refractivity contribution in [2.24, 2.45) is 5.73 Å². The molecule has 2 aromatic rings. The van der Waals surface area contributed by atoms with Gasteiger partial charge >= 0.3 is 5.97 Å². The average Bonchev–Trinajstić information content (AvgIpc) is 2.61. The molecule has 6 heteroatoms. The molecular weight excluding hydrogens is 318 g/mol. The van der Waals surface area contributed by atoms with Crippen LogP contribution >= 0.6 is 0 Å². The number of aliphatic carboxylic acids is 1. The van der Waals surface area contributed by atoms with Crippen LogP contribution in [0.15, 0.2) is 42.5 Å². The van der Waals surface area contributed by atoms with E-state index in [0.717, 1.165) is 24.1 Å². The third kappa shape index (κ3) is 4.23. The normalized spacial score (nSPS) is 14.0. The number of carboxylic acids is 1. The van der Waals surface area contributed by atoms with Gasteiger partial charge in [0.2, 0.25) is 0 Å². The first-order valence-electron chi connectivity index (χ1n) is 8.21. The third-order valence-electron chi connectivity index (χ3n) is 4.37. The molecule has 1 aliphatic rings. The molecule has 0 aromatic heterocycles. The summed E-state index contributed by atoms with van der Waals surface area (Å²) in [5, 5.41) is 11.8. The molecule has 0 spiro atoms. The number of anilines is 1. The van der Waals surface area contributed by atoms with Crippen molar-refractivity contribution in [2.45, 2.75) is 19.5 Å². The molecular formula is C19H21N3O3. The average molecular weight is 339 g/mol. The van der Waals surface area contributed by atoms with E-state index in [9.17, 15) is 9.59 Å². The lowest BCUT2D eigenvalue weighted by Crippen LogP contribution is -2.34. The highest BCUT2D eigenvalue weighted by Gasteiger charge is 2.18. The second kappa shape index (κ2) is 7.46. The molecule has 1 aliphatic heterocycles. The van der Waals surface area contributed by atoms with Crippen LogP contribution in [0.5, 0.6) is 0 Å². The second-order valence-corrected chi connectivity index (χ2v) is 6.19. The highest BCUT2D eigenvalue weighted by molar-refractivity contribution is 6.04. The van der Waals surface area contributed by atoms with Gasteiger partial charge < -0.3 is 16.2 Å². The van der Waals surface area contributed by atoms with Gasteiger partial charge in [0, 0.05) is 30.9 Å². The van der Waals surface area contributed by atoms with Crippen molar-refractivity contribution in [2.75, 3.05) is 18.4 Å². The Hall–Kier alpha value is -2.70. The SMILES string of the molecule is NCc1ccc(C(=O)Nc2ccc3c(c2)CN(CC(=O)O)CC3)cc1. The number of amides is 1. The summed E-state index contributed by atoms with van der Waals surface area (Å²) in [6.07, 6.45) is 0.817. The first-order chi connectivity index (χ1) is 12.0. The lowest BCUT2D eigenvalue weighted by molar-refractivity contribution is -0.138. The number of nitrogens with one attached hydrogen (secondary N) is 1. The van der Waals surface area contributed by atoms with Gasteiger partial charge in [-0.05, 0) is 47.4 Å². The molecule has 4 N–H and O–H groups in total. The fourth-order valence-corrected chi connectivity index (χ4v) is 3.01. The Morgan fingerprint density at radius 1 is 1.12 bits per heavy atom. The molecule has 0 radical (unpaired) electrons. The Morgan fingerprint density at radius 3 is 2.56 bits per heavy atom. The summed E-state index contributed by atoms with van der Waals surface area (Å²) in [5.74, 6) is -1.00. The van der Waals surface area contributed by atoms with Crippen LogP contribution in [0.25, 0.3) is 0 Å². The van der Waals surface area contributed by atoms with Crippen LogP contribution in [0.4, 0.5) is 5.69 Å². The molecule has 130 valence electrons. The fourth-order valence-electron chi connectivity index (χ4n) is 3.01. The van der Waals surface area contributed by atoms with E-state index in [0.29, 0.717) is 24.3 Å². The molecule has 0 aliphatic carbocycles. The summed E-state index contributed by atoms with van der Waals surface area (Å²) in [6.45, 7) is 1.79. The monoisotopic (exact) mass is 339 g/mol. The maximum atomic E-state index is 12.4. The molecule has 0 saturated carbocycles. The molecule has 25 heavy (non-hydrogen) atoms. The molecule has 2 aromatic carbocycles. The minimum absolute atomic E-state index is 0.0313. The van der Waals surface area contributed by atoms with E-state index < -0.39 is 5.97 Å². The second-order valence-electron chi connectivity index (χ2n) is 6.19. The number of carboxylic acid groups (broad SMARTS) is 1. The van der Waals surface area contributed by atoms with Gasteiger partial charge in [-0.15, -0.1) is 0 Å². The van der Waals surface area contributed by atoms with Crippen molar-refractivity contribution >= 4 is 17.6 Å². The topological polar surface area (TPSA) is 95.7 Å². The molecule has 1 heterocycles. The number of nitrogens with zero attached hydrogens (tertiary/aromatic N) is 1. The Balaban J connectivity index is 1.71. The number of benzene rings is 2. The van der Waals surface area contributed by atoms with Gasteiger partial charge in [-0.2, -0.15) is 0 Å². The summed E-state index contributed by atoms with van der Waals surface area (Å²) < 4.78 is 0. The molecule has 3 rings (SSSR count). The van der Waals surface area contributed by atoms with Crippen LogP contribution in [0, 0.1) is 0 Å². The zero-order valence-corrected chi connectivity index (χ0v) is 13.9. The standard InChI is InChI=1S/C19H21N3O3/c20-10-13-1-3-15(4-2-13)19(25)21-17-6-5-14-7-8-22(12-18(23)24)11-16(14)9-17/h1-6,9H,7-8,10-12,20H2,(H,21,25)(H,23,24). The molecule has 0 bridgehead atoms. The number of nitrogens with two attached hydrogens (primary N) is 1. The fraction of sp³-hybridized carbons (Fsp3) is 0.263. The van der Waals surface area contributed by atoms with Crippen molar-refractivity contribution in [3.63, 3.8) is 0 Å². The van der Waals surface area contributed by atoms with Crippen molar-refractivity contribution in [1.82, 2.24) is 4.90 Å². The number of fused-ring (bicyclic) bond motifs is 1. The van der Waals surface area contributed by atoms with Gasteiger partial charge in [0.1, 0.15) is 0 Å². The zero-order chi connectivity index (χ0) is 17.8. The Bertz CT molecular complexity index is 787. The Labute approximate surface area is 146 Å². The van der Waals surface area contributed by atoms with Gasteiger partial charge in [0.25, 0.3) is 5.91 Å². The Morgan fingerprint density at radius 2 is 1.88 bits per heavy atom. The summed E-state index contributed by atoms with van der Waals surface area (Å²) >= 11 is 0. The van der Waals surface area contributed by atoms with Crippen LogP contribution in [-0.4, -0.2) is 35.0 Å². The highest BCUT2D eigenvalue weighted by atomic mass is 16.4. The number of hydrogen-bond acceptors (Lipinski definition) is 4. The molecule has 0 fully saturated rings. The first kappa shape index (κ1) is 17.1. The number of carbonyl (C=O) groups is 2. The van der Waals surface area contributed by atoms with Crippen LogP contribution in [0.3, 0.4) is 0 Å². The summed E-state index contributed by atoms with van der Waals surface area (Å²) in [4.78, 5) is 25.1. The van der Waals surface area contributed by atoms with Gasteiger partial charge in [-0.3, -0.25) is 14.5 Å². The molecule has 1 amide bonds. The van der Waals surface area contributed by atoms with Gasteiger partial charge in [0.15, 0.2) is 0 Å². The van der Waals surface area contributed by atoms with Crippen molar-refractivity contribution in [1.29, 1.82) is 0 Å². The van der Waals surface area contributed by atoms with E-state index >= 15 is 0 Å². The van der Waals surface area contributed by atoms with Crippen LogP contribution in [0.1, 0.15) is 27.0 Å². The summed E-state index contributed by atoms with van der Waals surface area (Å²) in [7, 11) is 0. The predicted octanol–water partition coefficient (Wildman–Crippen LogP) is 1.84. The quantitative estimate of drug-likeness (QED) is 0.772. The largest absolute Gasteiger partial charge is 0.480 e. The zero-order valence-electron chi connectivity index (χ0n) is 13.9. The lowest BCUT2D eigenvalue weighted by Gasteiger charge is -2.27. The highest BCUT2D eigenvalue weighted by Crippen LogP contribution is 2.23. The summed E-state index contributed by atoms with van der Waals surface area (Å²) in [5.41, 5.74) is 10.1. The van der Waals surface area contributed by atoms with E-state index in [1.54, 1.807) is 12.1 Å². The smallest absolute Gasteiger partial charge is 0.317 e. The van der Waals surface area contributed by atoms with Crippen LogP contribution in [0.2, 0.25) is 0 Å². The lowest BCUT2D eigenvalue weighted by atomic mass is 9.99. The first-order valence-corrected chi connectivity index (χ1v) is 8.21. The van der Waals surface area contributed by atoms with E-state index in [1.807, 2.05) is 35.2 Å².